The van der Waals surface area contributed by atoms with Crippen molar-refractivity contribution in [1.82, 2.24) is 4.90 Å². The van der Waals surface area contributed by atoms with Gasteiger partial charge >= 0.3 is 0 Å². The molecule has 0 bridgehead atoms. The lowest BCUT2D eigenvalue weighted by molar-refractivity contribution is -0.137. The minimum Gasteiger partial charge on any atom is -0.342 e. The van der Waals surface area contributed by atoms with Crippen LogP contribution in [0.3, 0.4) is 0 Å². The highest BCUT2D eigenvalue weighted by molar-refractivity contribution is 9.10. The number of anilines is 1. The maximum Gasteiger partial charge on any atom is 0.228 e. The number of rotatable bonds is 3. The summed E-state index contributed by atoms with van der Waals surface area (Å²) >= 11 is 3.48. The molecule has 2 N–H and O–H groups in total. The normalized spacial score (nSPS) is 22.7. The zero-order valence-corrected chi connectivity index (χ0v) is 14.7. The maximum absolute atomic E-state index is 12.7. The number of para-hydroxylation sites is 1. The Hall–Kier alpha value is -1.40. The van der Waals surface area contributed by atoms with Crippen molar-refractivity contribution < 1.29 is 9.59 Å². The second-order valence-electron chi connectivity index (χ2n) is 6.36. The van der Waals surface area contributed by atoms with Gasteiger partial charge in [-0.1, -0.05) is 12.1 Å². The molecular formula is C17H22BrN3O2. The van der Waals surface area contributed by atoms with Crippen LogP contribution in [0.25, 0.3) is 0 Å². The predicted molar refractivity (Wildman–Crippen MR) is 93.0 cm³/mol. The SMILES string of the molecule is NCC1CCN(C(=O)C2CC(=O)N(c3ccccc3Br)C2)CC1. The van der Waals surface area contributed by atoms with Crippen LogP contribution in [0.5, 0.6) is 0 Å². The van der Waals surface area contributed by atoms with Gasteiger partial charge in [-0.2, -0.15) is 0 Å². The van der Waals surface area contributed by atoms with Crippen molar-refractivity contribution in [1.29, 1.82) is 0 Å². The number of likely N-dealkylation sites (tertiary alicyclic amines) is 1. The molecule has 1 atom stereocenters. The minimum atomic E-state index is -0.232. The smallest absolute Gasteiger partial charge is 0.228 e. The molecule has 2 amide bonds. The molecule has 2 aliphatic heterocycles. The summed E-state index contributed by atoms with van der Waals surface area (Å²) in [6, 6.07) is 7.63. The first-order valence-electron chi connectivity index (χ1n) is 8.14. The highest BCUT2D eigenvalue weighted by Crippen LogP contribution is 2.32. The van der Waals surface area contributed by atoms with Crippen molar-refractivity contribution in [2.24, 2.45) is 17.6 Å². The number of hydrogen-bond acceptors (Lipinski definition) is 3. The maximum atomic E-state index is 12.7. The van der Waals surface area contributed by atoms with Crippen LogP contribution in [0.2, 0.25) is 0 Å². The third kappa shape index (κ3) is 3.43. The van der Waals surface area contributed by atoms with E-state index in [9.17, 15) is 9.59 Å². The molecule has 1 unspecified atom stereocenters. The number of hydrogen-bond donors (Lipinski definition) is 1. The predicted octanol–water partition coefficient (Wildman–Crippen LogP) is 2.00. The van der Waals surface area contributed by atoms with Crippen LogP contribution in [0.1, 0.15) is 19.3 Å². The van der Waals surface area contributed by atoms with E-state index < -0.39 is 0 Å². The van der Waals surface area contributed by atoms with E-state index in [1.807, 2.05) is 29.2 Å². The molecule has 0 aromatic heterocycles. The van der Waals surface area contributed by atoms with Crippen molar-refractivity contribution in [2.75, 3.05) is 31.1 Å². The van der Waals surface area contributed by atoms with Crippen LogP contribution < -0.4 is 10.6 Å². The second kappa shape index (κ2) is 7.01. The van der Waals surface area contributed by atoms with E-state index in [0.29, 0.717) is 25.4 Å². The topological polar surface area (TPSA) is 66.6 Å². The third-order valence-electron chi connectivity index (χ3n) is 4.88. The van der Waals surface area contributed by atoms with Gasteiger partial charge in [0.05, 0.1) is 11.6 Å². The van der Waals surface area contributed by atoms with Gasteiger partial charge in [0.2, 0.25) is 11.8 Å². The van der Waals surface area contributed by atoms with Crippen LogP contribution in [-0.2, 0) is 9.59 Å². The van der Waals surface area contributed by atoms with Gasteiger partial charge in [0.1, 0.15) is 0 Å². The molecule has 0 aliphatic carbocycles. The first kappa shape index (κ1) is 16.5. The fourth-order valence-electron chi connectivity index (χ4n) is 3.42. The number of benzene rings is 1. The lowest BCUT2D eigenvalue weighted by Gasteiger charge is -2.33. The van der Waals surface area contributed by atoms with Gasteiger partial charge in [0.15, 0.2) is 0 Å². The van der Waals surface area contributed by atoms with E-state index in [4.69, 9.17) is 5.73 Å². The highest BCUT2D eigenvalue weighted by atomic mass is 79.9. The van der Waals surface area contributed by atoms with Gasteiger partial charge in [-0.3, -0.25) is 9.59 Å². The number of nitrogens with zero attached hydrogens (tertiary/aromatic N) is 2. The Bertz CT molecular complexity index is 599. The third-order valence-corrected chi connectivity index (χ3v) is 5.55. The summed E-state index contributed by atoms with van der Waals surface area (Å²) < 4.78 is 0.880. The average molecular weight is 380 g/mol. The average Bonchev–Trinajstić information content (AvgIpc) is 2.96. The molecule has 124 valence electrons. The van der Waals surface area contributed by atoms with Gasteiger partial charge in [-0.15, -0.1) is 0 Å². The Labute approximate surface area is 144 Å². The molecule has 2 fully saturated rings. The Morgan fingerprint density at radius 3 is 2.61 bits per heavy atom. The largest absolute Gasteiger partial charge is 0.342 e. The zero-order valence-electron chi connectivity index (χ0n) is 13.1. The molecule has 0 radical (unpaired) electrons. The quantitative estimate of drug-likeness (QED) is 0.872. The Morgan fingerprint density at radius 1 is 1.26 bits per heavy atom. The summed E-state index contributed by atoms with van der Waals surface area (Å²) in [4.78, 5) is 28.7. The van der Waals surface area contributed by atoms with Crippen LogP contribution in [0.4, 0.5) is 5.69 Å². The number of carbonyl (C=O) groups excluding carboxylic acids is 2. The van der Waals surface area contributed by atoms with Crippen LogP contribution in [-0.4, -0.2) is 42.9 Å². The summed E-state index contributed by atoms with van der Waals surface area (Å²) in [6.45, 7) is 2.69. The molecular weight excluding hydrogens is 358 g/mol. The molecule has 23 heavy (non-hydrogen) atoms. The van der Waals surface area contributed by atoms with Crippen molar-refractivity contribution >= 4 is 33.4 Å². The van der Waals surface area contributed by atoms with E-state index in [-0.39, 0.29) is 17.7 Å². The van der Waals surface area contributed by atoms with Gasteiger partial charge < -0.3 is 15.5 Å². The number of nitrogens with two attached hydrogens (primary N) is 1. The summed E-state index contributed by atoms with van der Waals surface area (Å²) in [5.41, 5.74) is 6.54. The molecule has 6 heteroatoms. The standard InChI is InChI=1S/C17H22BrN3O2/c18-14-3-1-2-4-15(14)21-11-13(9-16(21)22)17(23)20-7-5-12(10-19)6-8-20/h1-4,12-13H,5-11,19H2. The van der Waals surface area contributed by atoms with Crippen molar-refractivity contribution in [3.05, 3.63) is 28.7 Å². The Kier molecular flexibility index (Phi) is 5.02. The first-order chi connectivity index (χ1) is 11.1. The molecule has 2 heterocycles. The zero-order chi connectivity index (χ0) is 16.4. The van der Waals surface area contributed by atoms with E-state index in [2.05, 4.69) is 15.9 Å². The molecule has 1 aromatic rings. The molecule has 3 rings (SSSR count). The molecule has 2 aliphatic rings. The molecule has 5 nitrogen and oxygen atoms in total. The monoisotopic (exact) mass is 379 g/mol. The minimum absolute atomic E-state index is 0.0205. The van der Waals surface area contributed by atoms with Gasteiger partial charge in [-0.25, -0.2) is 0 Å². The van der Waals surface area contributed by atoms with Gasteiger partial charge in [0.25, 0.3) is 0 Å². The Morgan fingerprint density at radius 2 is 1.96 bits per heavy atom. The molecule has 0 spiro atoms. The number of halogens is 1. The lowest BCUT2D eigenvalue weighted by Crippen LogP contribution is -2.43. The molecule has 1 aromatic carbocycles. The summed E-state index contributed by atoms with van der Waals surface area (Å²) in [5.74, 6) is 0.431. The number of amides is 2. The number of carbonyl (C=O) groups is 2. The van der Waals surface area contributed by atoms with Crippen LogP contribution >= 0.6 is 15.9 Å². The fourth-order valence-corrected chi connectivity index (χ4v) is 3.92. The van der Waals surface area contributed by atoms with E-state index in [1.54, 1.807) is 4.90 Å². The van der Waals surface area contributed by atoms with Gasteiger partial charge in [0, 0.05) is 30.5 Å². The van der Waals surface area contributed by atoms with E-state index >= 15 is 0 Å². The summed E-state index contributed by atoms with van der Waals surface area (Å²) in [7, 11) is 0. The Balaban J connectivity index is 1.66. The summed E-state index contributed by atoms with van der Waals surface area (Å²) in [6.07, 6.45) is 2.24. The first-order valence-corrected chi connectivity index (χ1v) is 8.93. The number of piperidine rings is 1. The van der Waals surface area contributed by atoms with Crippen molar-refractivity contribution in [3.8, 4) is 0 Å². The van der Waals surface area contributed by atoms with Gasteiger partial charge in [-0.05, 0) is 53.4 Å². The lowest BCUT2D eigenvalue weighted by atomic mass is 9.95. The summed E-state index contributed by atoms with van der Waals surface area (Å²) in [5, 5.41) is 0. The van der Waals surface area contributed by atoms with Crippen LogP contribution in [0, 0.1) is 11.8 Å². The highest BCUT2D eigenvalue weighted by Gasteiger charge is 2.38. The van der Waals surface area contributed by atoms with E-state index in [1.165, 1.54) is 0 Å². The van der Waals surface area contributed by atoms with Crippen molar-refractivity contribution in [2.45, 2.75) is 19.3 Å². The van der Waals surface area contributed by atoms with Crippen LogP contribution in [0.15, 0.2) is 28.7 Å². The molecule has 0 saturated carbocycles. The second-order valence-corrected chi connectivity index (χ2v) is 7.22. The van der Waals surface area contributed by atoms with E-state index in [0.717, 1.165) is 36.1 Å². The fraction of sp³-hybridized carbons (Fsp3) is 0.529. The molecule has 2 saturated heterocycles. The van der Waals surface area contributed by atoms with Crippen molar-refractivity contribution in [3.63, 3.8) is 0 Å².